The largest absolute Gasteiger partial charge is 0.423 e. The summed E-state index contributed by atoms with van der Waals surface area (Å²) in [5, 5.41) is 7.50. The average molecular weight is 209 g/mol. The van der Waals surface area contributed by atoms with Gasteiger partial charge in [0.1, 0.15) is 0 Å². The number of ether oxygens (including phenoxy) is 1. The van der Waals surface area contributed by atoms with E-state index in [4.69, 9.17) is 4.74 Å². The Labute approximate surface area is 88.4 Å². The van der Waals surface area contributed by atoms with Crippen LogP contribution in [0.3, 0.4) is 0 Å². The van der Waals surface area contributed by atoms with Crippen LogP contribution in [0.2, 0.25) is 0 Å². The van der Waals surface area contributed by atoms with Crippen molar-refractivity contribution in [2.45, 2.75) is 25.8 Å². The normalized spacial score (nSPS) is 17.7. The first-order chi connectivity index (χ1) is 7.25. The van der Waals surface area contributed by atoms with Crippen LogP contribution in [-0.4, -0.2) is 28.8 Å². The fourth-order valence-electron chi connectivity index (χ4n) is 1.81. The van der Waals surface area contributed by atoms with Crippen LogP contribution in [0, 0.1) is 0 Å². The van der Waals surface area contributed by atoms with E-state index >= 15 is 0 Å². The Balaban J connectivity index is 2.02. The molecule has 82 valence electrons. The summed E-state index contributed by atoms with van der Waals surface area (Å²) >= 11 is 0. The molecular weight excluding hydrogens is 194 g/mol. The van der Waals surface area contributed by atoms with E-state index < -0.39 is 0 Å². The Morgan fingerprint density at radius 3 is 3.00 bits per heavy atom. The molecule has 0 amide bonds. The van der Waals surface area contributed by atoms with Gasteiger partial charge >= 0.3 is 5.97 Å². The lowest BCUT2D eigenvalue weighted by molar-refractivity contribution is -0.131. The van der Waals surface area contributed by atoms with Crippen molar-refractivity contribution in [3.63, 3.8) is 0 Å². The molecule has 1 aliphatic heterocycles. The van der Waals surface area contributed by atoms with E-state index in [1.165, 1.54) is 6.92 Å². The third-order valence-corrected chi connectivity index (χ3v) is 2.52. The molecule has 0 spiro atoms. The monoisotopic (exact) mass is 209 g/mol. The summed E-state index contributed by atoms with van der Waals surface area (Å²) in [5.41, 5.74) is 0. The van der Waals surface area contributed by atoms with Gasteiger partial charge in [-0.1, -0.05) is 0 Å². The van der Waals surface area contributed by atoms with Crippen molar-refractivity contribution < 1.29 is 9.53 Å². The van der Waals surface area contributed by atoms with Crippen molar-refractivity contribution >= 4 is 5.97 Å². The van der Waals surface area contributed by atoms with E-state index in [1.54, 1.807) is 12.4 Å². The number of hydrogen-bond donors (Lipinski definition) is 1. The average Bonchev–Trinajstić information content (AvgIpc) is 2.67. The minimum Gasteiger partial charge on any atom is -0.423 e. The summed E-state index contributed by atoms with van der Waals surface area (Å²) in [6.07, 6.45) is 5.52. The molecular formula is C10H15N3O2. The van der Waals surface area contributed by atoms with Gasteiger partial charge in [0.2, 0.25) is 0 Å². The van der Waals surface area contributed by atoms with Gasteiger partial charge in [0.15, 0.2) is 5.75 Å². The number of carbonyl (C=O) groups excluding carboxylic acids is 1. The number of hydrogen-bond acceptors (Lipinski definition) is 4. The number of nitrogens with one attached hydrogen (secondary N) is 1. The van der Waals surface area contributed by atoms with Gasteiger partial charge < -0.3 is 10.1 Å². The summed E-state index contributed by atoms with van der Waals surface area (Å²) in [7, 11) is 0. The molecule has 0 unspecified atom stereocenters. The van der Waals surface area contributed by atoms with Crippen molar-refractivity contribution in [1.29, 1.82) is 0 Å². The Bertz CT molecular complexity index is 342. The minimum atomic E-state index is -0.306. The summed E-state index contributed by atoms with van der Waals surface area (Å²) in [5.74, 6) is 0.223. The van der Waals surface area contributed by atoms with Crippen LogP contribution in [0.1, 0.15) is 25.8 Å². The topological polar surface area (TPSA) is 56.1 Å². The summed E-state index contributed by atoms with van der Waals surface area (Å²) < 4.78 is 6.84. The summed E-state index contributed by atoms with van der Waals surface area (Å²) in [6, 6.07) is 0.426. The van der Waals surface area contributed by atoms with E-state index in [-0.39, 0.29) is 5.97 Å². The molecule has 0 aliphatic carbocycles. The molecule has 2 heterocycles. The van der Waals surface area contributed by atoms with E-state index in [2.05, 4.69) is 10.4 Å². The van der Waals surface area contributed by atoms with Crippen molar-refractivity contribution in [1.82, 2.24) is 15.1 Å². The molecule has 5 nitrogen and oxygen atoms in total. The lowest BCUT2D eigenvalue weighted by atomic mass is 10.1. The smallest absolute Gasteiger partial charge is 0.308 e. The van der Waals surface area contributed by atoms with Gasteiger partial charge in [-0.2, -0.15) is 5.10 Å². The molecule has 5 heteroatoms. The van der Waals surface area contributed by atoms with Crippen molar-refractivity contribution in [2.24, 2.45) is 0 Å². The van der Waals surface area contributed by atoms with Crippen molar-refractivity contribution in [2.75, 3.05) is 13.1 Å². The van der Waals surface area contributed by atoms with Crippen LogP contribution in [0.25, 0.3) is 0 Å². The predicted octanol–water partition coefficient (Wildman–Crippen LogP) is 0.733. The maximum absolute atomic E-state index is 10.7. The molecule has 1 aliphatic rings. The van der Waals surface area contributed by atoms with Crippen LogP contribution in [0.5, 0.6) is 5.75 Å². The number of piperidine rings is 1. The fraction of sp³-hybridized carbons (Fsp3) is 0.600. The highest BCUT2D eigenvalue weighted by Gasteiger charge is 2.16. The predicted molar refractivity (Wildman–Crippen MR) is 54.7 cm³/mol. The maximum atomic E-state index is 10.7. The molecule has 0 radical (unpaired) electrons. The van der Waals surface area contributed by atoms with Gasteiger partial charge in [0.25, 0.3) is 0 Å². The van der Waals surface area contributed by atoms with Gasteiger partial charge in [-0.25, -0.2) is 0 Å². The Morgan fingerprint density at radius 2 is 2.33 bits per heavy atom. The fourth-order valence-corrected chi connectivity index (χ4v) is 1.81. The number of rotatable bonds is 2. The van der Waals surface area contributed by atoms with Gasteiger partial charge in [0, 0.05) is 6.92 Å². The first-order valence-corrected chi connectivity index (χ1v) is 5.19. The minimum absolute atomic E-state index is 0.306. The lowest BCUT2D eigenvalue weighted by Gasteiger charge is -2.22. The number of aromatic nitrogens is 2. The lowest BCUT2D eigenvalue weighted by Crippen LogP contribution is -2.29. The quantitative estimate of drug-likeness (QED) is 0.730. The van der Waals surface area contributed by atoms with Crippen LogP contribution < -0.4 is 10.1 Å². The third-order valence-electron chi connectivity index (χ3n) is 2.52. The van der Waals surface area contributed by atoms with Crippen LogP contribution in [0.4, 0.5) is 0 Å². The van der Waals surface area contributed by atoms with Crippen LogP contribution in [-0.2, 0) is 4.79 Å². The van der Waals surface area contributed by atoms with E-state index in [9.17, 15) is 4.79 Å². The molecule has 0 bridgehead atoms. The highest BCUT2D eigenvalue weighted by molar-refractivity contribution is 5.68. The second-order valence-corrected chi connectivity index (χ2v) is 3.73. The summed E-state index contributed by atoms with van der Waals surface area (Å²) in [4.78, 5) is 10.7. The second kappa shape index (κ2) is 4.44. The Kier molecular flexibility index (Phi) is 3.01. The first-order valence-electron chi connectivity index (χ1n) is 5.19. The number of nitrogens with zero attached hydrogens (tertiary/aromatic N) is 2. The van der Waals surface area contributed by atoms with E-state index in [0.29, 0.717) is 11.8 Å². The molecule has 1 saturated heterocycles. The van der Waals surface area contributed by atoms with Gasteiger partial charge in [-0.15, -0.1) is 0 Å². The second-order valence-electron chi connectivity index (χ2n) is 3.73. The maximum Gasteiger partial charge on any atom is 0.308 e. The Hall–Kier alpha value is -1.36. The number of carbonyl (C=O) groups is 1. The number of esters is 1. The molecule has 15 heavy (non-hydrogen) atoms. The zero-order chi connectivity index (χ0) is 10.7. The van der Waals surface area contributed by atoms with Gasteiger partial charge in [-0.3, -0.25) is 9.48 Å². The molecule has 1 aromatic rings. The van der Waals surface area contributed by atoms with E-state index in [1.807, 2.05) is 4.68 Å². The first kappa shape index (κ1) is 10.2. The molecule has 0 aromatic carbocycles. The summed E-state index contributed by atoms with van der Waals surface area (Å²) in [6.45, 7) is 3.43. The molecule has 1 fully saturated rings. The van der Waals surface area contributed by atoms with Crippen LogP contribution in [0.15, 0.2) is 12.4 Å². The van der Waals surface area contributed by atoms with E-state index in [0.717, 1.165) is 25.9 Å². The molecule has 1 N–H and O–H groups in total. The molecule has 0 atom stereocenters. The van der Waals surface area contributed by atoms with Gasteiger partial charge in [-0.05, 0) is 25.9 Å². The molecule has 1 aromatic heterocycles. The van der Waals surface area contributed by atoms with Gasteiger partial charge in [0.05, 0.1) is 18.4 Å². The van der Waals surface area contributed by atoms with Crippen molar-refractivity contribution in [3.8, 4) is 5.75 Å². The van der Waals surface area contributed by atoms with Crippen molar-refractivity contribution in [3.05, 3.63) is 12.4 Å². The highest BCUT2D eigenvalue weighted by atomic mass is 16.5. The zero-order valence-electron chi connectivity index (χ0n) is 8.77. The van der Waals surface area contributed by atoms with Crippen LogP contribution >= 0.6 is 0 Å². The third kappa shape index (κ3) is 2.56. The SMILES string of the molecule is CC(=O)Oc1cnn(C2CCNCC2)c1. The molecule has 2 rings (SSSR count). The highest BCUT2D eigenvalue weighted by Crippen LogP contribution is 2.20. The Morgan fingerprint density at radius 1 is 1.60 bits per heavy atom. The molecule has 0 saturated carbocycles. The zero-order valence-corrected chi connectivity index (χ0v) is 8.77. The standard InChI is InChI=1S/C10H15N3O2/c1-8(14)15-10-6-12-13(7-10)9-2-4-11-5-3-9/h6-7,9,11H,2-5H2,1H3.